The maximum Gasteiger partial charge on any atom is 0.416 e. The van der Waals surface area contributed by atoms with Gasteiger partial charge in [-0.3, -0.25) is 4.90 Å². The molecule has 174 valence electrons. The predicted molar refractivity (Wildman–Crippen MR) is 118 cm³/mol. The number of nitrogens with zero attached hydrogens (tertiary/aromatic N) is 1. The van der Waals surface area contributed by atoms with Gasteiger partial charge in [0.2, 0.25) is 0 Å². The van der Waals surface area contributed by atoms with Crippen LogP contribution in [0.5, 0.6) is 0 Å². The number of amides is 1. The fraction of sp³-hybridized carbons (Fsp3) is 0.609. The predicted octanol–water partition coefficient (Wildman–Crippen LogP) is 7.29. The van der Waals surface area contributed by atoms with E-state index in [4.69, 9.17) is 9.16 Å². The van der Waals surface area contributed by atoms with Crippen molar-refractivity contribution in [3.63, 3.8) is 0 Å². The Labute approximate surface area is 184 Å². The molecule has 1 heterocycles. The summed E-state index contributed by atoms with van der Waals surface area (Å²) in [5.74, 6) is 0. The smallest absolute Gasteiger partial charge is 0.416 e. The molecule has 1 aromatic rings. The SMILES string of the molecule is CCCC/C(=C\N1CCOC1=O)C(O[Si](CC)(CC)CC)c1ccc(C(F)(F)F)cc1. The Morgan fingerprint density at radius 2 is 1.77 bits per heavy atom. The summed E-state index contributed by atoms with van der Waals surface area (Å²) in [6.45, 7) is 9.24. The number of rotatable bonds is 11. The minimum Gasteiger partial charge on any atom is -0.447 e. The Kier molecular flexibility index (Phi) is 9.18. The van der Waals surface area contributed by atoms with Gasteiger partial charge < -0.3 is 9.16 Å². The highest BCUT2D eigenvalue weighted by atomic mass is 28.4. The zero-order valence-corrected chi connectivity index (χ0v) is 19.9. The summed E-state index contributed by atoms with van der Waals surface area (Å²) in [4.78, 5) is 13.6. The van der Waals surface area contributed by atoms with Gasteiger partial charge >= 0.3 is 12.3 Å². The van der Waals surface area contributed by atoms with Crippen molar-refractivity contribution >= 4 is 14.4 Å². The van der Waals surface area contributed by atoms with Crippen LogP contribution >= 0.6 is 0 Å². The second-order valence-electron chi connectivity index (χ2n) is 7.98. The van der Waals surface area contributed by atoms with E-state index in [1.165, 1.54) is 12.1 Å². The van der Waals surface area contributed by atoms with Crippen molar-refractivity contribution in [2.45, 2.75) is 77.4 Å². The molecule has 0 bridgehead atoms. The minimum absolute atomic E-state index is 0.333. The molecular weight excluding hydrogens is 423 g/mol. The zero-order chi connectivity index (χ0) is 23.1. The number of halogens is 3. The normalized spacial score (nSPS) is 16.5. The molecule has 1 unspecified atom stereocenters. The second-order valence-corrected chi connectivity index (χ2v) is 12.7. The van der Waals surface area contributed by atoms with Gasteiger partial charge in [0.1, 0.15) is 6.61 Å². The van der Waals surface area contributed by atoms with Gasteiger partial charge in [-0.1, -0.05) is 46.2 Å². The summed E-state index contributed by atoms with van der Waals surface area (Å²) in [6, 6.07) is 8.00. The van der Waals surface area contributed by atoms with E-state index >= 15 is 0 Å². The summed E-state index contributed by atoms with van der Waals surface area (Å²) >= 11 is 0. The number of carbonyl (C=O) groups is 1. The lowest BCUT2D eigenvalue weighted by molar-refractivity contribution is -0.137. The van der Waals surface area contributed by atoms with Crippen molar-refractivity contribution in [1.29, 1.82) is 0 Å². The largest absolute Gasteiger partial charge is 0.447 e. The number of benzene rings is 1. The molecule has 4 nitrogen and oxygen atoms in total. The number of alkyl halides is 3. The van der Waals surface area contributed by atoms with Crippen molar-refractivity contribution in [2.75, 3.05) is 13.2 Å². The molecule has 0 aliphatic carbocycles. The number of hydrogen-bond donors (Lipinski definition) is 0. The molecule has 0 N–H and O–H groups in total. The van der Waals surface area contributed by atoms with Crippen LogP contribution in [0.15, 0.2) is 36.0 Å². The molecule has 0 spiro atoms. The summed E-state index contributed by atoms with van der Waals surface area (Å²) in [5.41, 5.74) is 0.921. The van der Waals surface area contributed by atoms with Crippen LogP contribution in [0, 0.1) is 0 Å². The van der Waals surface area contributed by atoms with Crippen molar-refractivity contribution in [3.8, 4) is 0 Å². The maximum atomic E-state index is 13.1. The van der Waals surface area contributed by atoms with Gasteiger partial charge in [0.15, 0.2) is 8.32 Å². The molecule has 0 saturated carbocycles. The lowest BCUT2D eigenvalue weighted by Crippen LogP contribution is -2.38. The van der Waals surface area contributed by atoms with Crippen LogP contribution in [-0.2, 0) is 15.3 Å². The molecular formula is C23H34F3NO3Si. The van der Waals surface area contributed by atoms with E-state index in [0.717, 1.165) is 48.7 Å². The zero-order valence-electron chi connectivity index (χ0n) is 18.9. The van der Waals surface area contributed by atoms with Gasteiger partial charge in [-0.2, -0.15) is 13.2 Å². The van der Waals surface area contributed by atoms with E-state index in [2.05, 4.69) is 27.7 Å². The van der Waals surface area contributed by atoms with Crippen molar-refractivity contribution in [2.24, 2.45) is 0 Å². The van der Waals surface area contributed by atoms with Gasteiger partial charge in [-0.25, -0.2) is 4.79 Å². The topological polar surface area (TPSA) is 38.8 Å². The van der Waals surface area contributed by atoms with Crippen LogP contribution in [-0.4, -0.2) is 32.5 Å². The maximum absolute atomic E-state index is 13.1. The fourth-order valence-corrected chi connectivity index (χ4v) is 6.61. The van der Waals surface area contributed by atoms with Gasteiger partial charge in [0, 0.05) is 6.20 Å². The molecule has 8 heteroatoms. The number of ether oxygens (including phenoxy) is 1. The molecule has 0 radical (unpaired) electrons. The Morgan fingerprint density at radius 3 is 2.23 bits per heavy atom. The molecule has 1 aliphatic heterocycles. The minimum atomic E-state index is -4.39. The summed E-state index contributed by atoms with van der Waals surface area (Å²) in [5, 5.41) is 0. The first kappa shape index (κ1) is 25.5. The third-order valence-electron chi connectivity index (χ3n) is 6.11. The van der Waals surface area contributed by atoms with E-state index in [0.29, 0.717) is 25.1 Å². The first-order chi connectivity index (χ1) is 14.7. The molecule has 1 atom stereocenters. The molecule has 31 heavy (non-hydrogen) atoms. The molecule has 1 amide bonds. The molecule has 2 rings (SSSR count). The Hall–Kier alpha value is -1.80. The van der Waals surface area contributed by atoms with Crippen LogP contribution in [0.1, 0.15) is 64.2 Å². The molecule has 0 aromatic heterocycles. The first-order valence-corrected chi connectivity index (χ1v) is 13.7. The number of carbonyl (C=O) groups excluding carboxylic acids is 1. The van der Waals surface area contributed by atoms with E-state index in [-0.39, 0.29) is 0 Å². The lowest BCUT2D eigenvalue weighted by atomic mass is 9.97. The Balaban J connectivity index is 2.51. The highest BCUT2D eigenvalue weighted by Crippen LogP contribution is 2.38. The number of cyclic esters (lactones) is 1. The molecule has 1 aliphatic rings. The van der Waals surface area contributed by atoms with Crippen molar-refractivity contribution in [3.05, 3.63) is 47.2 Å². The van der Waals surface area contributed by atoms with Gasteiger partial charge in [-0.05, 0) is 54.2 Å². The molecule has 1 saturated heterocycles. The van der Waals surface area contributed by atoms with E-state index in [1.807, 2.05) is 0 Å². The fourth-order valence-electron chi connectivity index (χ4n) is 3.82. The van der Waals surface area contributed by atoms with Gasteiger partial charge in [0.05, 0.1) is 18.2 Å². The molecule has 1 fully saturated rings. The lowest BCUT2D eigenvalue weighted by Gasteiger charge is -2.35. The van der Waals surface area contributed by atoms with Crippen LogP contribution in [0.2, 0.25) is 18.1 Å². The average Bonchev–Trinajstić information content (AvgIpc) is 3.16. The highest BCUT2D eigenvalue weighted by Gasteiger charge is 2.35. The highest BCUT2D eigenvalue weighted by molar-refractivity contribution is 6.73. The van der Waals surface area contributed by atoms with E-state index in [1.54, 1.807) is 11.1 Å². The summed E-state index contributed by atoms with van der Waals surface area (Å²) in [7, 11) is -2.09. The average molecular weight is 458 g/mol. The van der Waals surface area contributed by atoms with Crippen LogP contribution in [0.3, 0.4) is 0 Å². The number of hydrogen-bond acceptors (Lipinski definition) is 3. The van der Waals surface area contributed by atoms with Crippen molar-refractivity contribution < 1.29 is 27.1 Å². The second kappa shape index (κ2) is 11.2. The third kappa shape index (κ3) is 6.59. The van der Waals surface area contributed by atoms with E-state index < -0.39 is 32.3 Å². The van der Waals surface area contributed by atoms with Crippen molar-refractivity contribution in [1.82, 2.24) is 4.90 Å². The quantitative estimate of drug-likeness (QED) is 0.327. The molecule has 1 aromatic carbocycles. The van der Waals surface area contributed by atoms with Crippen LogP contribution < -0.4 is 0 Å². The summed E-state index contributed by atoms with van der Waals surface area (Å²) in [6.07, 6.45) is -0.905. The van der Waals surface area contributed by atoms with Gasteiger partial charge in [0.25, 0.3) is 0 Å². The van der Waals surface area contributed by atoms with Gasteiger partial charge in [-0.15, -0.1) is 0 Å². The Bertz CT molecular complexity index is 737. The summed E-state index contributed by atoms with van der Waals surface area (Å²) < 4.78 is 51.2. The van der Waals surface area contributed by atoms with E-state index in [9.17, 15) is 18.0 Å². The third-order valence-corrected chi connectivity index (χ3v) is 10.7. The van der Waals surface area contributed by atoms with Crippen LogP contribution in [0.4, 0.5) is 18.0 Å². The number of unbranched alkanes of at least 4 members (excludes halogenated alkanes) is 1. The standard InChI is InChI=1S/C23H34F3NO3Si/c1-5-9-10-19(17-27-15-16-29-22(27)28)21(30-31(6-2,7-3)8-4)18-11-13-20(14-12-18)23(24,25)26/h11-14,17,21H,5-10,15-16H2,1-4H3/b19-17+. The monoisotopic (exact) mass is 457 g/mol. The first-order valence-electron chi connectivity index (χ1n) is 11.2. The van der Waals surface area contributed by atoms with Crippen LogP contribution in [0.25, 0.3) is 0 Å². The Morgan fingerprint density at radius 1 is 1.16 bits per heavy atom.